The molecular weight excluding hydrogens is 415 g/mol. The van der Waals surface area contributed by atoms with Gasteiger partial charge in [-0.3, -0.25) is 4.79 Å². The molecule has 1 aromatic carbocycles. The quantitative estimate of drug-likeness (QED) is 0.774. The summed E-state index contributed by atoms with van der Waals surface area (Å²) in [5.41, 5.74) is 1.30. The molecule has 0 bridgehead atoms. The van der Waals surface area contributed by atoms with Gasteiger partial charge in [0.25, 0.3) is 5.91 Å². The fourth-order valence-electron chi connectivity index (χ4n) is 4.32. The predicted molar refractivity (Wildman–Crippen MR) is 116 cm³/mol. The van der Waals surface area contributed by atoms with Gasteiger partial charge in [0.1, 0.15) is 23.8 Å². The van der Waals surface area contributed by atoms with Gasteiger partial charge in [-0.2, -0.15) is 0 Å². The molecule has 9 heteroatoms. The molecule has 1 aromatic heterocycles. The number of fused-ring (bicyclic) bond motifs is 1. The summed E-state index contributed by atoms with van der Waals surface area (Å²) in [6, 6.07) is 10.1. The van der Waals surface area contributed by atoms with Gasteiger partial charge in [-0.25, -0.2) is 9.37 Å². The number of halogens is 1. The van der Waals surface area contributed by atoms with E-state index in [4.69, 9.17) is 14.2 Å². The number of nitrogens with one attached hydrogen (secondary N) is 1. The summed E-state index contributed by atoms with van der Waals surface area (Å²) in [5.74, 6) is 0.517. The summed E-state index contributed by atoms with van der Waals surface area (Å²) in [5, 5.41) is 3.28. The second kappa shape index (κ2) is 9.40. The van der Waals surface area contributed by atoms with E-state index in [2.05, 4.69) is 15.2 Å². The molecule has 5 rings (SSSR count). The average Bonchev–Trinajstić information content (AvgIpc) is 3.15. The second-order valence-electron chi connectivity index (χ2n) is 8.31. The molecule has 3 aliphatic heterocycles. The number of pyridine rings is 1. The van der Waals surface area contributed by atoms with Gasteiger partial charge in [0, 0.05) is 38.1 Å². The molecule has 32 heavy (non-hydrogen) atoms. The number of anilines is 2. The molecule has 4 heterocycles. The van der Waals surface area contributed by atoms with Crippen LogP contribution in [0.4, 0.5) is 15.9 Å². The van der Waals surface area contributed by atoms with E-state index in [0.29, 0.717) is 63.9 Å². The van der Waals surface area contributed by atoms with Gasteiger partial charge in [-0.1, -0.05) is 6.07 Å². The van der Waals surface area contributed by atoms with Crippen LogP contribution in [0.15, 0.2) is 42.6 Å². The highest BCUT2D eigenvalue weighted by atomic mass is 19.1. The zero-order valence-electron chi connectivity index (χ0n) is 17.8. The van der Waals surface area contributed by atoms with Crippen LogP contribution in [0.1, 0.15) is 10.4 Å². The van der Waals surface area contributed by atoms with Crippen LogP contribution in [0.25, 0.3) is 0 Å². The van der Waals surface area contributed by atoms with E-state index < -0.39 is 0 Å². The Bertz CT molecular complexity index is 922. The molecule has 3 aliphatic rings. The van der Waals surface area contributed by atoms with Crippen LogP contribution >= 0.6 is 0 Å². The van der Waals surface area contributed by atoms with Crippen molar-refractivity contribution < 1.29 is 23.4 Å². The van der Waals surface area contributed by atoms with E-state index in [9.17, 15) is 9.18 Å². The van der Waals surface area contributed by atoms with Gasteiger partial charge in [0.2, 0.25) is 0 Å². The smallest absolute Gasteiger partial charge is 0.255 e. The number of hydrogen-bond donors (Lipinski definition) is 1. The molecule has 0 unspecified atom stereocenters. The van der Waals surface area contributed by atoms with E-state index in [1.807, 2.05) is 18.2 Å². The van der Waals surface area contributed by atoms with Gasteiger partial charge in [-0.05, 0) is 30.3 Å². The van der Waals surface area contributed by atoms with Crippen LogP contribution in [-0.4, -0.2) is 86.6 Å². The number of morpholine rings is 1. The lowest BCUT2D eigenvalue weighted by Gasteiger charge is -2.27. The summed E-state index contributed by atoms with van der Waals surface area (Å²) in [6.07, 6.45) is 1.51. The molecule has 0 aliphatic carbocycles. The van der Waals surface area contributed by atoms with Crippen molar-refractivity contribution in [1.82, 2.24) is 9.88 Å². The minimum Gasteiger partial charge on any atom is -0.378 e. The Hall–Kier alpha value is -2.75. The Morgan fingerprint density at radius 1 is 1.06 bits per heavy atom. The molecule has 3 fully saturated rings. The monoisotopic (exact) mass is 442 g/mol. The van der Waals surface area contributed by atoms with Crippen molar-refractivity contribution in [3.8, 4) is 0 Å². The average molecular weight is 442 g/mol. The van der Waals surface area contributed by atoms with E-state index in [1.54, 1.807) is 17.2 Å². The second-order valence-corrected chi connectivity index (χ2v) is 8.31. The molecule has 170 valence electrons. The number of hydrogen-bond acceptors (Lipinski definition) is 7. The Kier molecular flexibility index (Phi) is 6.20. The number of carbonyl (C=O) groups excluding carboxylic acids is 1. The first-order valence-corrected chi connectivity index (χ1v) is 11.0. The van der Waals surface area contributed by atoms with Crippen molar-refractivity contribution in [2.45, 2.75) is 18.2 Å². The van der Waals surface area contributed by atoms with Gasteiger partial charge in [0.15, 0.2) is 0 Å². The summed E-state index contributed by atoms with van der Waals surface area (Å²) in [7, 11) is 0. The summed E-state index contributed by atoms with van der Waals surface area (Å²) in [6.45, 7) is 4.67. The van der Waals surface area contributed by atoms with E-state index in [-0.39, 0.29) is 30.0 Å². The Morgan fingerprint density at radius 3 is 2.47 bits per heavy atom. The van der Waals surface area contributed by atoms with Gasteiger partial charge in [0.05, 0.1) is 38.0 Å². The maximum Gasteiger partial charge on any atom is 0.255 e. The maximum absolute atomic E-state index is 13.4. The minimum absolute atomic E-state index is 0.0116. The number of nitrogens with zero attached hydrogens (tertiary/aromatic N) is 3. The standard InChI is InChI=1S/C23H27FN4O4/c24-17-2-1-3-18(10-17)26-19-14-31-20-12-28(13-21(20)32-15-19)22-5-4-16(11-25-22)23(29)27-6-8-30-9-7-27/h1-5,10-11,19-21,26H,6-9,12-15H2/t20-,21-/m0/s1. The molecule has 0 spiro atoms. The number of aromatic nitrogens is 1. The van der Waals surface area contributed by atoms with Crippen molar-refractivity contribution >= 4 is 17.4 Å². The molecule has 0 saturated carbocycles. The summed E-state index contributed by atoms with van der Waals surface area (Å²) in [4.78, 5) is 21.1. The first-order chi connectivity index (χ1) is 15.7. The maximum atomic E-state index is 13.4. The molecule has 2 aromatic rings. The number of carbonyl (C=O) groups is 1. The lowest BCUT2D eigenvalue weighted by atomic mass is 10.2. The fourth-order valence-corrected chi connectivity index (χ4v) is 4.32. The van der Waals surface area contributed by atoms with Gasteiger partial charge < -0.3 is 29.3 Å². The highest BCUT2D eigenvalue weighted by Gasteiger charge is 2.38. The van der Waals surface area contributed by atoms with Crippen LogP contribution in [0.3, 0.4) is 0 Å². The summed E-state index contributed by atoms with van der Waals surface area (Å²) >= 11 is 0. The molecule has 0 radical (unpaired) electrons. The zero-order valence-corrected chi connectivity index (χ0v) is 17.8. The number of rotatable bonds is 4. The molecule has 1 amide bonds. The SMILES string of the molecule is O=C(c1ccc(N2C[C@@H]3OCC(Nc4cccc(F)c4)CO[C@H]3C2)nc1)N1CCOCC1. The van der Waals surface area contributed by atoms with Crippen LogP contribution in [0.5, 0.6) is 0 Å². The fraction of sp³-hybridized carbons (Fsp3) is 0.478. The summed E-state index contributed by atoms with van der Waals surface area (Å²) < 4.78 is 31.0. The molecule has 2 atom stereocenters. The lowest BCUT2D eigenvalue weighted by Crippen LogP contribution is -2.40. The normalized spacial score (nSPS) is 24.2. The molecule has 8 nitrogen and oxygen atoms in total. The number of ether oxygens (including phenoxy) is 3. The van der Waals surface area contributed by atoms with Crippen molar-refractivity contribution in [3.05, 3.63) is 54.0 Å². The highest BCUT2D eigenvalue weighted by molar-refractivity contribution is 5.94. The minimum atomic E-state index is -0.275. The molecule has 1 N–H and O–H groups in total. The molecular formula is C23H27FN4O4. The van der Waals surface area contributed by atoms with Crippen molar-refractivity contribution in [3.63, 3.8) is 0 Å². The third-order valence-electron chi connectivity index (χ3n) is 6.05. The van der Waals surface area contributed by atoms with E-state index in [1.165, 1.54) is 12.1 Å². The third kappa shape index (κ3) is 4.69. The van der Waals surface area contributed by atoms with Crippen LogP contribution < -0.4 is 10.2 Å². The topological polar surface area (TPSA) is 76.2 Å². The number of benzene rings is 1. The zero-order chi connectivity index (χ0) is 21.9. The van der Waals surface area contributed by atoms with Crippen LogP contribution in [0, 0.1) is 5.82 Å². The van der Waals surface area contributed by atoms with E-state index in [0.717, 1.165) is 5.82 Å². The Labute approximate surface area is 186 Å². The highest BCUT2D eigenvalue weighted by Crippen LogP contribution is 2.25. The third-order valence-corrected chi connectivity index (χ3v) is 6.05. The van der Waals surface area contributed by atoms with Crippen molar-refractivity contribution in [2.75, 3.05) is 62.8 Å². The lowest BCUT2D eigenvalue weighted by molar-refractivity contribution is -0.00461. The van der Waals surface area contributed by atoms with Crippen molar-refractivity contribution in [2.24, 2.45) is 0 Å². The van der Waals surface area contributed by atoms with E-state index >= 15 is 0 Å². The van der Waals surface area contributed by atoms with Gasteiger partial charge in [-0.15, -0.1) is 0 Å². The first kappa shape index (κ1) is 21.1. The number of amides is 1. The van der Waals surface area contributed by atoms with Crippen LogP contribution in [-0.2, 0) is 14.2 Å². The largest absolute Gasteiger partial charge is 0.378 e. The molecule has 3 saturated heterocycles. The Morgan fingerprint density at radius 2 is 1.81 bits per heavy atom. The Balaban J connectivity index is 1.16. The van der Waals surface area contributed by atoms with Gasteiger partial charge >= 0.3 is 0 Å². The van der Waals surface area contributed by atoms with Crippen LogP contribution in [0.2, 0.25) is 0 Å². The van der Waals surface area contributed by atoms with Crippen molar-refractivity contribution in [1.29, 1.82) is 0 Å². The predicted octanol–water partition coefficient (Wildman–Crippen LogP) is 1.78. The first-order valence-electron chi connectivity index (χ1n) is 11.0.